The molecule has 1 unspecified atom stereocenters. The molecule has 1 rings (SSSR count). The van der Waals surface area contributed by atoms with Crippen LogP contribution in [0.1, 0.15) is 38.3 Å². The second-order valence-corrected chi connectivity index (χ2v) is 5.00. The average Bonchev–Trinajstić information content (AvgIpc) is 2.49. The van der Waals surface area contributed by atoms with E-state index in [1.807, 2.05) is 12.1 Å². The number of ether oxygens (including phenoxy) is 2. The van der Waals surface area contributed by atoms with E-state index in [1.54, 1.807) is 14.2 Å². The van der Waals surface area contributed by atoms with Crippen LogP contribution in [0.4, 0.5) is 0 Å². The van der Waals surface area contributed by atoms with Crippen molar-refractivity contribution in [1.29, 1.82) is 0 Å². The molecule has 0 aliphatic heterocycles. The van der Waals surface area contributed by atoms with Crippen molar-refractivity contribution >= 4 is 0 Å². The zero-order valence-corrected chi connectivity index (χ0v) is 13.3. The van der Waals surface area contributed by atoms with E-state index in [4.69, 9.17) is 15.2 Å². The van der Waals surface area contributed by atoms with Gasteiger partial charge in [0.15, 0.2) is 11.5 Å². The summed E-state index contributed by atoms with van der Waals surface area (Å²) >= 11 is 0. The first-order valence-electron chi connectivity index (χ1n) is 7.26. The monoisotopic (exact) mass is 280 g/mol. The van der Waals surface area contributed by atoms with Crippen LogP contribution < -0.4 is 15.2 Å². The highest BCUT2D eigenvalue weighted by Crippen LogP contribution is 2.32. The van der Waals surface area contributed by atoms with E-state index >= 15 is 0 Å². The van der Waals surface area contributed by atoms with Crippen LogP contribution in [-0.4, -0.2) is 38.8 Å². The normalized spacial score (nSPS) is 12.8. The molecule has 20 heavy (non-hydrogen) atoms. The lowest BCUT2D eigenvalue weighted by molar-refractivity contribution is 0.167. The molecule has 114 valence electrons. The molecule has 2 N–H and O–H groups in total. The van der Waals surface area contributed by atoms with E-state index in [-0.39, 0.29) is 6.04 Å². The largest absolute Gasteiger partial charge is 0.493 e. The molecule has 0 saturated heterocycles. The van der Waals surface area contributed by atoms with E-state index < -0.39 is 0 Å². The molecule has 0 saturated carbocycles. The summed E-state index contributed by atoms with van der Waals surface area (Å²) < 4.78 is 10.7. The molecule has 0 aliphatic rings. The van der Waals surface area contributed by atoms with Gasteiger partial charge in [-0.15, -0.1) is 0 Å². The van der Waals surface area contributed by atoms with Crippen molar-refractivity contribution in [2.45, 2.75) is 38.8 Å². The Morgan fingerprint density at radius 3 is 2.15 bits per heavy atom. The molecule has 0 amide bonds. The fourth-order valence-corrected chi connectivity index (χ4v) is 2.72. The first kappa shape index (κ1) is 16.8. The van der Waals surface area contributed by atoms with Crippen LogP contribution in [0.5, 0.6) is 11.5 Å². The first-order valence-corrected chi connectivity index (χ1v) is 7.26. The maximum absolute atomic E-state index is 6.00. The number of likely N-dealkylation sites (N-methyl/N-ethyl adjacent to an activating group) is 1. The second-order valence-electron chi connectivity index (χ2n) is 5.00. The number of nitrogens with zero attached hydrogens (tertiary/aromatic N) is 1. The minimum Gasteiger partial charge on any atom is -0.493 e. The van der Waals surface area contributed by atoms with Crippen LogP contribution in [0.2, 0.25) is 0 Å². The molecule has 0 fully saturated rings. The van der Waals surface area contributed by atoms with Crippen molar-refractivity contribution in [2.24, 2.45) is 5.73 Å². The van der Waals surface area contributed by atoms with Gasteiger partial charge in [0.2, 0.25) is 0 Å². The third-order valence-corrected chi connectivity index (χ3v) is 4.03. The van der Waals surface area contributed by atoms with Gasteiger partial charge in [-0.3, -0.25) is 4.90 Å². The van der Waals surface area contributed by atoms with Crippen molar-refractivity contribution in [3.05, 3.63) is 23.8 Å². The van der Waals surface area contributed by atoms with E-state index in [0.29, 0.717) is 12.6 Å². The smallest absolute Gasteiger partial charge is 0.161 e. The van der Waals surface area contributed by atoms with Gasteiger partial charge in [-0.1, -0.05) is 19.9 Å². The minimum atomic E-state index is 0.194. The second kappa shape index (κ2) is 8.12. The number of methoxy groups -OCH3 is 2. The number of hydrogen-bond donors (Lipinski definition) is 1. The Balaban J connectivity index is 3.05. The lowest BCUT2D eigenvalue weighted by Gasteiger charge is -2.34. The van der Waals surface area contributed by atoms with E-state index in [0.717, 1.165) is 24.3 Å². The topological polar surface area (TPSA) is 47.7 Å². The van der Waals surface area contributed by atoms with Crippen molar-refractivity contribution in [3.63, 3.8) is 0 Å². The lowest BCUT2D eigenvalue weighted by Crippen LogP contribution is -2.38. The Labute approximate surface area is 122 Å². The summed E-state index contributed by atoms with van der Waals surface area (Å²) in [6.45, 7) is 5.02. The van der Waals surface area contributed by atoms with Gasteiger partial charge in [-0.05, 0) is 37.6 Å². The lowest BCUT2D eigenvalue weighted by atomic mass is 10.0. The molecule has 0 bridgehead atoms. The number of hydrogen-bond acceptors (Lipinski definition) is 4. The highest BCUT2D eigenvalue weighted by molar-refractivity contribution is 5.43. The predicted octanol–water partition coefficient (Wildman–Crippen LogP) is 2.82. The first-order chi connectivity index (χ1) is 9.62. The summed E-state index contributed by atoms with van der Waals surface area (Å²) in [5.41, 5.74) is 7.17. The Morgan fingerprint density at radius 2 is 1.70 bits per heavy atom. The third kappa shape index (κ3) is 3.64. The van der Waals surface area contributed by atoms with Crippen LogP contribution in [0.25, 0.3) is 0 Å². The van der Waals surface area contributed by atoms with Gasteiger partial charge in [-0.2, -0.15) is 0 Å². The van der Waals surface area contributed by atoms with Gasteiger partial charge in [0.1, 0.15) is 0 Å². The summed E-state index contributed by atoms with van der Waals surface area (Å²) in [7, 11) is 5.45. The SMILES string of the molecule is CCC(CC)N(C)C(CN)c1ccc(OC)c(OC)c1. The molecule has 0 heterocycles. The number of rotatable bonds is 8. The maximum Gasteiger partial charge on any atom is 0.161 e. The molecule has 0 aliphatic carbocycles. The fraction of sp³-hybridized carbons (Fsp3) is 0.625. The molecular formula is C16H28N2O2. The predicted molar refractivity (Wildman–Crippen MR) is 83.5 cm³/mol. The van der Waals surface area contributed by atoms with E-state index in [9.17, 15) is 0 Å². The maximum atomic E-state index is 6.00. The Hall–Kier alpha value is -1.26. The average molecular weight is 280 g/mol. The van der Waals surface area contributed by atoms with Gasteiger partial charge >= 0.3 is 0 Å². The molecular weight excluding hydrogens is 252 g/mol. The van der Waals surface area contributed by atoms with E-state index in [1.165, 1.54) is 5.56 Å². The third-order valence-electron chi connectivity index (χ3n) is 4.03. The van der Waals surface area contributed by atoms with Gasteiger partial charge in [0.25, 0.3) is 0 Å². The number of nitrogens with two attached hydrogens (primary N) is 1. The summed E-state index contributed by atoms with van der Waals surface area (Å²) in [6, 6.07) is 6.77. The van der Waals surface area contributed by atoms with Crippen molar-refractivity contribution < 1.29 is 9.47 Å². The fourth-order valence-electron chi connectivity index (χ4n) is 2.72. The minimum absolute atomic E-state index is 0.194. The molecule has 1 aromatic carbocycles. The van der Waals surface area contributed by atoms with Gasteiger partial charge in [0, 0.05) is 18.6 Å². The zero-order chi connectivity index (χ0) is 15.1. The molecule has 4 heteroatoms. The van der Waals surface area contributed by atoms with Crippen LogP contribution in [0, 0.1) is 0 Å². The molecule has 4 nitrogen and oxygen atoms in total. The molecule has 1 aromatic rings. The molecule has 1 atom stereocenters. The quantitative estimate of drug-likeness (QED) is 0.795. The zero-order valence-electron chi connectivity index (χ0n) is 13.3. The van der Waals surface area contributed by atoms with Gasteiger partial charge < -0.3 is 15.2 Å². The highest BCUT2D eigenvalue weighted by atomic mass is 16.5. The van der Waals surface area contributed by atoms with Gasteiger partial charge in [-0.25, -0.2) is 0 Å². The summed E-state index contributed by atoms with van der Waals surface area (Å²) in [4.78, 5) is 2.36. The number of benzene rings is 1. The van der Waals surface area contributed by atoms with Crippen LogP contribution in [0.15, 0.2) is 18.2 Å². The summed E-state index contributed by atoms with van der Waals surface area (Å²) in [5, 5.41) is 0. The summed E-state index contributed by atoms with van der Waals surface area (Å²) in [5.74, 6) is 1.50. The highest BCUT2D eigenvalue weighted by Gasteiger charge is 2.22. The Morgan fingerprint density at radius 1 is 1.10 bits per heavy atom. The Bertz CT molecular complexity index is 405. The van der Waals surface area contributed by atoms with E-state index in [2.05, 4.69) is 31.9 Å². The van der Waals surface area contributed by atoms with Crippen LogP contribution in [-0.2, 0) is 0 Å². The molecule has 0 aromatic heterocycles. The van der Waals surface area contributed by atoms with Crippen LogP contribution >= 0.6 is 0 Å². The summed E-state index contributed by atoms with van der Waals surface area (Å²) in [6.07, 6.45) is 2.24. The van der Waals surface area contributed by atoms with Crippen LogP contribution in [0.3, 0.4) is 0 Å². The Kier molecular flexibility index (Phi) is 6.82. The molecule has 0 radical (unpaired) electrons. The van der Waals surface area contributed by atoms with Crippen molar-refractivity contribution in [3.8, 4) is 11.5 Å². The van der Waals surface area contributed by atoms with Crippen molar-refractivity contribution in [1.82, 2.24) is 4.90 Å². The molecule has 0 spiro atoms. The standard InChI is InChI=1S/C16H28N2O2/c1-6-13(7-2)18(3)14(11-17)12-8-9-15(19-4)16(10-12)20-5/h8-10,13-14H,6-7,11,17H2,1-5H3. The van der Waals surface area contributed by atoms with Gasteiger partial charge in [0.05, 0.1) is 14.2 Å². The van der Waals surface area contributed by atoms with Crippen molar-refractivity contribution in [2.75, 3.05) is 27.8 Å².